The van der Waals surface area contributed by atoms with Crippen LogP contribution >= 0.6 is 15.9 Å². The van der Waals surface area contributed by atoms with Gasteiger partial charge in [-0.1, -0.05) is 45.6 Å². The molecule has 6 heteroatoms. The molecule has 0 spiro atoms. The van der Waals surface area contributed by atoms with Crippen molar-refractivity contribution in [1.29, 1.82) is 0 Å². The number of amidine groups is 1. The van der Waals surface area contributed by atoms with Gasteiger partial charge in [-0.3, -0.25) is 15.0 Å². The van der Waals surface area contributed by atoms with Crippen molar-refractivity contribution in [1.82, 2.24) is 15.3 Å². The minimum Gasteiger partial charge on any atom is -0.391 e. The minimum absolute atomic E-state index is 0.581. The highest BCUT2D eigenvalue weighted by molar-refractivity contribution is 9.12. The van der Waals surface area contributed by atoms with Crippen LogP contribution in [0.4, 0.5) is 0 Å². The van der Waals surface area contributed by atoms with E-state index in [1.165, 1.54) is 44.2 Å². The summed E-state index contributed by atoms with van der Waals surface area (Å²) in [5, 5.41) is 9.49. The Morgan fingerprint density at radius 1 is 1.21 bits per heavy atom. The minimum atomic E-state index is 0.581. The number of hydrogen-bond acceptors (Lipinski definition) is 4. The lowest BCUT2D eigenvalue weighted by Crippen LogP contribution is -2.22. The predicted molar refractivity (Wildman–Crippen MR) is 125 cm³/mol. The van der Waals surface area contributed by atoms with E-state index < -0.39 is 0 Å². The molecule has 0 aliphatic carbocycles. The van der Waals surface area contributed by atoms with E-state index in [-0.39, 0.29) is 0 Å². The maximum Gasteiger partial charge on any atom is 0.145 e. The first-order chi connectivity index (χ1) is 13.6. The van der Waals surface area contributed by atoms with E-state index in [0.717, 1.165) is 22.3 Å². The zero-order valence-corrected chi connectivity index (χ0v) is 19.1. The molecule has 0 atom stereocenters. The summed E-state index contributed by atoms with van der Waals surface area (Å²) in [5.74, 6) is 0.803. The number of nitrogens with one attached hydrogen (secondary N) is 1. The number of allylic oxidation sites excluding steroid dienone is 2. The van der Waals surface area contributed by atoms with Crippen LogP contribution in [-0.4, -0.2) is 36.1 Å². The number of hydrazone groups is 1. The second-order valence-electron chi connectivity index (χ2n) is 6.68. The molecular weight excluding hydrogens is 414 g/mol. The quantitative estimate of drug-likeness (QED) is 0.183. The lowest BCUT2D eigenvalue weighted by molar-refractivity contribution is 0.546. The molecule has 0 saturated carbocycles. The summed E-state index contributed by atoms with van der Waals surface area (Å²) in [4.78, 5) is 8.83. The van der Waals surface area contributed by atoms with Gasteiger partial charge < -0.3 is 5.32 Å². The fourth-order valence-electron chi connectivity index (χ4n) is 2.63. The molecule has 154 valence electrons. The number of rotatable bonds is 13. The second-order valence-corrected chi connectivity index (χ2v) is 7.70. The monoisotopic (exact) mass is 447 g/mol. The van der Waals surface area contributed by atoms with Crippen LogP contribution < -0.4 is 5.32 Å². The van der Waals surface area contributed by atoms with Crippen molar-refractivity contribution in [2.75, 3.05) is 14.1 Å². The van der Waals surface area contributed by atoms with Gasteiger partial charge >= 0.3 is 0 Å². The lowest BCUT2D eigenvalue weighted by Gasteiger charge is -2.15. The third kappa shape index (κ3) is 11.0. The summed E-state index contributed by atoms with van der Waals surface area (Å²) in [7, 11) is 3.86. The molecule has 0 amide bonds. The highest BCUT2D eigenvalue weighted by Gasteiger charge is 2.05. The molecule has 5 nitrogen and oxygen atoms in total. The maximum absolute atomic E-state index is 4.77. The van der Waals surface area contributed by atoms with Crippen LogP contribution in [0.5, 0.6) is 0 Å². The van der Waals surface area contributed by atoms with Gasteiger partial charge in [0.1, 0.15) is 5.84 Å². The molecule has 0 unspecified atom stereocenters. The molecular formula is C22H34BrN5. The van der Waals surface area contributed by atoms with Gasteiger partial charge in [0.05, 0.1) is 12.8 Å². The fraction of sp³-hybridized carbons (Fsp3) is 0.500. The first-order valence-corrected chi connectivity index (χ1v) is 10.8. The van der Waals surface area contributed by atoms with Gasteiger partial charge in [-0.2, -0.15) is 5.10 Å². The van der Waals surface area contributed by atoms with Crippen molar-refractivity contribution >= 4 is 28.0 Å². The molecule has 0 bridgehead atoms. The average molecular weight is 448 g/mol. The van der Waals surface area contributed by atoms with Crippen molar-refractivity contribution < 1.29 is 0 Å². The maximum atomic E-state index is 4.77. The normalized spacial score (nSPS) is 12.4. The number of hydrogen-bond donors (Lipinski definition) is 1. The third-order valence-electron chi connectivity index (χ3n) is 4.30. The average Bonchev–Trinajstić information content (AvgIpc) is 2.71. The Kier molecular flexibility index (Phi) is 12.9. The SMILES string of the molecule is C=C(Br)/C=N\N(C)C(C=C(CCCCCCCC)NC)=NCc1ccncc1. The van der Waals surface area contributed by atoms with E-state index in [2.05, 4.69) is 50.9 Å². The second kappa shape index (κ2) is 15.0. The first kappa shape index (κ1) is 24.1. The Morgan fingerprint density at radius 2 is 1.89 bits per heavy atom. The van der Waals surface area contributed by atoms with E-state index in [1.807, 2.05) is 26.2 Å². The molecule has 0 aliphatic rings. The summed E-state index contributed by atoms with van der Waals surface area (Å²) in [6.45, 7) is 6.62. The van der Waals surface area contributed by atoms with Crippen molar-refractivity contribution in [2.45, 2.75) is 58.4 Å². The predicted octanol–water partition coefficient (Wildman–Crippen LogP) is 5.66. The molecule has 0 saturated heterocycles. The molecule has 28 heavy (non-hydrogen) atoms. The molecule has 0 aliphatic heterocycles. The zero-order chi connectivity index (χ0) is 20.6. The lowest BCUT2D eigenvalue weighted by atomic mass is 10.1. The molecule has 0 fully saturated rings. The molecule has 1 heterocycles. The zero-order valence-electron chi connectivity index (χ0n) is 17.5. The van der Waals surface area contributed by atoms with Crippen LogP contribution in [0.25, 0.3) is 0 Å². The Morgan fingerprint density at radius 3 is 2.54 bits per heavy atom. The Labute approximate surface area is 178 Å². The molecule has 1 N–H and O–H groups in total. The van der Waals surface area contributed by atoms with E-state index in [1.54, 1.807) is 23.6 Å². The summed E-state index contributed by atoms with van der Waals surface area (Å²) in [6, 6.07) is 3.95. The number of likely N-dealkylation sites (N-methyl/N-ethyl adjacent to an activating group) is 1. The number of unbranched alkanes of at least 4 members (excludes halogenated alkanes) is 5. The molecule has 0 aromatic carbocycles. The van der Waals surface area contributed by atoms with Crippen LogP contribution in [0.15, 0.2) is 57.5 Å². The van der Waals surface area contributed by atoms with E-state index in [9.17, 15) is 0 Å². The number of aliphatic imine (C=N–C) groups is 1. The molecule has 1 rings (SSSR count). The molecule has 1 aromatic heterocycles. The third-order valence-corrected chi connectivity index (χ3v) is 4.50. The van der Waals surface area contributed by atoms with E-state index in [4.69, 9.17) is 4.99 Å². The smallest absolute Gasteiger partial charge is 0.145 e. The van der Waals surface area contributed by atoms with E-state index in [0.29, 0.717) is 6.54 Å². The van der Waals surface area contributed by atoms with Gasteiger partial charge in [-0.15, -0.1) is 0 Å². The summed E-state index contributed by atoms with van der Waals surface area (Å²) >= 11 is 3.31. The van der Waals surface area contributed by atoms with Gasteiger partial charge in [0.15, 0.2) is 0 Å². The van der Waals surface area contributed by atoms with Crippen molar-refractivity contribution in [3.63, 3.8) is 0 Å². The highest BCUT2D eigenvalue weighted by Crippen LogP contribution is 2.11. The topological polar surface area (TPSA) is 52.9 Å². The van der Waals surface area contributed by atoms with Crippen molar-refractivity contribution in [3.05, 3.63) is 52.9 Å². The Hall–Kier alpha value is -1.95. The number of halogens is 1. The fourth-order valence-corrected chi connectivity index (χ4v) is 2.72. The van der Waals surface area contributed by atoms with E-state index >= 15 is 0 Å². The van der Waals surface area contributed by atoms with Gasteiger partial charge in [0, 0.05) is 42.7 Å². The molecule has 1 aromatic rings. The van der Waals surface area contributed by atoms with Gasteiger partial charge in [-0.05, 0) is 46.5 Å². The molecule has 0 radical (unpaired) electrons. The van der Waals surface area contributed by atoms with Crippen LogP contribution in [0, 0.1) is 0 Å². The van der Waals surface area contributed by atoms with Crippen LogP contribution in [-0.2, 0) is 6.54 Å². The highest BCUT2D eigenvalue weighted by atomic mass is 79.9. The van der Waals surface area contributed by atoms with Crippen LogP contribution in [0.3, 0.4) is 0 Å². The Bertz CT molecular complexity index is 652. The first-order valence-electron chi connectivity index (χ1n) is 10.0. The summed E-state index contributed by atoms with van der Waals surface area (Å²) < 4.78 is 0.720. The standard InChI is InChI=1S/C22H34BrN5/c1-5-6-7-8-9-10-11-21(24-3)16-22(28(4)27-17-19(2)23)26-18-20-12-14-25-15-13-20/h12-17,24H,2,5-11,18H2,1,3-4H3/b21-16?,26-22?,27-17-. The number of pyridine rings is 1. The largest absolute Gasteiger partial charge is 0.391 e. The van der Waals surface area contributed by atoms with Crippen molar-refractivity contribution in [2.24, 2.45) is 10.1 Å². The van der Waals surface area contributed by atoms with Gasteiger partial charge in [-0.25, -0.2) is 0 Å². The van der Waals surface area contributed by atoms with Crippen LogP contribution in [0.2, 0.25) is 0 Å². The van der Waals surface area contributed by atoms with Gasteiger partial charge in [0.2, 0.25) is 0 Å². The summed E-state index contributed by atoms with van der Waals surface area (Å²) in [6.07, 6.45) is 16.0. The van der Waals surface area contributed by atoms with Crippen molar-refractivity contribution in [3.8, 4) is 0 Å². The Balaban J connectivity index is 2.82. The number of nitrogens with zero attached hydrogens (tertiary/aromatic N) is 4. The van der Waals surface area contributed by atoms with Gasteiger partial charge in [0.25, 0.3) is 0 Å². The van der Waals surface area contributed by atoms with Crippen LogP contribution in [0.1, 0.15) is 57.4 Å². The summed E-state index contributed by atoms with van der Waals surface area (Å²) in [5.41, 5.74) is 2.29. The number of aromatic nitrogens is 1.